The number of esters is 1. The molecule has 2 aliphatic carbocycles. The van der Waals surface area contributed by atoms with Crippen LogP contribution in [0.1, 0.15) is 66.7 Å². The summed E-state index contributed by atoms with van der Waals surface area (Å²) in [7, 11) is 1.31. The van der Waals surface area contributed by atoms with Crippen molar-refractivity contribution in [2.24, 2.45) is 5.41 Å². The van der Waals surface area contributed by atoms with Gasteiger partial charge in [0.25, 0.3) is 0 Å². The van der Waals surface area contributed by atoms with Gasteiger partial charge in [-0.15, -0.1) is 0 Å². The number of carbonyl (C=O) groups excluding carboxylic acids is 2. The van der Waals surface area contributed by atoms with E-state index in [1.165, 1.54) is 7.11 Å². The highest BCUT2D eigenvalue weighted by atomic mass is 16.5. The van der Waals surface area contributed by atoms with Crippen molar-refractivity contribution in [1.82, 2.24) is 9.97 Å². The van der Waals surface area contributed by atoms with Gasteiger partial charge in [-0.2, -0.15) is 10.5 Å². The number of fused-ring (bicyclic) bond motifs is 5. The zero-order valence-electron chi connectivity index (χ0n) is 17.7. The van der Waals surface area contributed by atoms with E-state index in [0.29, 0.717) is 35.5 Å². The molecule has 1 aromatic carbocycles. The molecule has 1 N–H and O–H groups in total. The summed E-state index contributed by atoms with van der Waals surface area (Å²) in [6.45, 7) is 6.07. The molecule has 31 heavy (non-hydrogen) atoms. The van der Waals surface area contributed by atoms with Crippen molar-refractivity contribution in [3.63, 3.8) is 0 Å². The lowest BCUT2D eigenvalue weighted by atomic mass is 9.63. The second-order valence-corrected chi connectivity index (χ2v) is 8.73. The minimum Gasteiger partial charge on any atom is -0.465 e. The van der Waals surface area contributed by atoms with Crippen molar-refractivity contribution >= 4 is 17.6 Å². The second-order valence-electron chi connectivity index (χ2n) is 8.73. The fourth-order valence-corrected chi connectivity index (χ4v) is 5.19. The topological polar surface area (TPSA) is 129 Å². The summed E-state index contributed by atoms with van der Waals surface area (Å²) in [5.41, 5.74) is -0.0621. The van der Waals surface area contributed by atoms with Crippen LogP contribution in [0.3, 0.4) is 0 Å². The number of methoxy groups -OCH3 is 1. The molecular formula is C23H21N5O3. The number of benzene rings is 1. The summed E-state index contributed by atoms with van der Waals surface area (Å²) in [5, 5.41) is 21.8. The van der Waals surface area contributed by atoms with E-state index in [9.17, 15) is 20.1 Å². The standard InChI is InChI=1S/C23H21N5O3/c1-21(2)22(3)9-10-23(21,18-17(22)27-15(11-24)16(12-25)28-18)20(30)26-14-7-5-13(6-8-14)19(29)31-4/h5-8H,9-10H2,1-4H3,(H,26,30). The predicted octanol–water partition coefficient (Wildman–Crippen LogP) is 2.97. The number of ether oxygens (including phenoxy) is 1. The van der Waals surface area contributed by atoms with Crippen LogP contribution in [-0.4, -0.2) is 29.0 Å². The van der Waals surface area contributed by atoms with Crippen LogP contribution in [0.5, 0.6) is 0 Å². The molecule has 0 radical (unpaired) electrons. The minimum atomic E-state index is -0.995. The number of nitrogens with zero attached hydrogens (tertiary/aromatic N) is 4. The molecule has 2 aromatic rings. The van der Waals surface area contributed by atoms with Crippen LogP contribution in [0.2, 0.25) is 0 Å². The molecule has 1 fully saturated rings. The van der Waals surface area contributed by atoms with Crippen LogP contribution in [-0.2, 0) is 20.4 Å². The molecule has 0 aliphatic heterocycles. The summed E-state index contributed by atoms with van der Waals surface area (Å²) >= 11 is 0. The average molecular weight is 415 g/mol. The number of carbonyl (C=O) groups is 2. The predicted molar refractivity (Wildman–Crippen MR) is 110 cm³/mol. The number of nitriles is 2. The first kappa shape index (κ1) is 20.5. The van der Waals surface area contributed by atoms with Crippen molar-refractivity contribution in [3.8, 4) is 12.1 Å². The monoisotopic (exact) mass is 415 g/mol. The van der Waals surface area contributed by atoms with Crippen LogP contribution in [0.25, 0.3) is 0 Å². The average Bonchev–Trinajstić information content (AvgIpc) is 3.07. The third kappa shape index (κ3) is 2.45. The number of amides is 1. The molecule has 0 saturated heterocycles. The summed E-state index contributed by atoms with van der Waals surface area (Å²) in [4.78, 5) is 34.4. The van der Waals surface area contributed by atoms with Crippen molar-refractivity contribution in [3.05, 3.63) is 52.6 Å². The van der Waals surface area contributed by atoms with Crippen LogP contribution >= 0.6 is 0 Å². The van der Waals surface area contributed by atoms with Crippen molar-refractivity contribution in [2.75, 3.05) is 12.4 Å². The van der Waals surface area contributed by atoms with Gasteiger partial charge >= 0.3 is 5.97 Å². The Morgan fingerprint density at radius 2 is 1.58 bits per heavy atom. The summed E-state index contributed by atoms with van der Waals surface area (Å²) < 4.78 is 4.70. The first-order chi connectivity index (χ1) is 14.7. The molecule has 1 aromatic heterocycles. The highest BCUT2D eigenvalue weighted by Gasteiger charge is 2.73. The Balaban J connectivity index is 1.79. The lowest BCUT2D eigenvalue weighted by Gasteiger charge is -2.39. The molecule has 1 heterocycles. The van der Waals surface area contributed by atoms with Crippen molar-refractivity contribution < 1.29 is 14.3 Å². The number of anilines is 1. The van der Waals surface area contributed by atoms with Crippen molar-refractivity contribution in [1.29, 1.82) is 10.5 Å². The molecule has 8 heteroatoms. The molecule has 1 saturated carbocycles. The third-order valence-corrected chi connectivity index (χ3v) is 7.43. The Kier molecular flexibility index (Phi) is 4.37. The molecule has 2 aliphatic rings. The lowest BCUT2D eigenvalue weighted by Crippen LogP contribution is -2.48. The van der Waals surface area contributed by atoms with Gasteiger partial charge in [0, 0.05) is 11.1 Å². The zero-order chi connectivity index (χ0) is 22.6. The van der Waals surface area contributed by atoms with Gasteiger partial charge in [0.1, 0.15) is 12.1 Å². The highest BCUT2D eigenvalue weighted by Crippen LogP contribution is 2.70. The number of aromatic nitrogens is 2. The molecule has 156 valence electrons. The van der Waals surface area contributed by atoms with Gasteiger partial charge in [-0.05, 0) is 42.5 Å². The molecule has 1 amide bonds. The Morgan fingerprint density at radius 1 is 1.00 bits per heavy atom. The van der Waals surface area contributed by atoms with Gasteiger partial charge in [-0.25, -0.2) is 14.8 Å². The minimum absolute atomic E-state index is 0.0141. The third-order valence-electron chi connectivity index (χ3n) is 7.43. The van der Waals surface area contributed by atoms with E-state index in [-0.39, 0.29) is 17.3 Å². The maximum absolute atomic E-state index is 13.7. The Hall–Kier alpha value is -3.78. The van der Waals surface area contributed by atoms with Crippen LogP contribution in [0.4, 0.5) is 5.69 Å². The molecule has 2 bridgehead atoms. The normalized spacial score (nSPS) is 24.6. The van der Waals surface area contributed by atoms with E-state index in [4.69, 9.17) is 4.74 Å². The number of rotatable bonds is 3. The number of hydrogen-bond acceptors (Lipinski definition) is 7. The van der Waals surface area contributed by atoms with Gasteiger partial charge in [0.2, 0.25) is 5.91 Å². The van der Waals surface area contributed by atoms with E-state index in [2.05, 4.69) is 15.3 Å². The fraction of sp³-hybridized carbons (Fsp3) is 0.391. The molecule has 4 rings (SSSR count). The van der Waals surface area contributed by atoms with E-state index in [0.717, 1.165) is 0 Å². The van der Waals surface area contributed by atoms with Gasteiger partial charge in [-0.1, -0.05) is 20.8 Å². The Labute approximate surface area is 179 Å². The maximum atomic E-state index is 13.7. The van der Waals surface area contributed by atoms with Crippen molar-refractivity contribution in [2.45, 2.75) is 44.4 Å². The molecule has 2 unspecified atom stereocenters. The van der Waals surface area contributed by atoms with Crippen LogP contribution in [0.15, 0.2) is 24.3 Å². The largest absolute Gasteiger partial charge is 0.465 e. The summed E-state index contributed by atoms with van der Waals surface area (Å²) in [6.07, 6.45) is 1.27. The summed E-state index contributed by atoms with van der Waals surface area (Å²) in [6, 6.07) is 10.3. The van der Waals surface area contributed by atoms with Crippen LogP contribution in [0, 0.1) is 28.1 Å². The van der Waals surface area contributed by atoms with E-state index in [1.807, 2.05) is 32.9 Å². The molecular weight excluding hydrogens is 394 g/mol. The molecule has 0 spiro atoms. The van der Waals surface area contributed by atoms with Gasteiger partial charge in [0.05, 0.1) is 29.5 Å². The van der Waals surface area contributed by atoms with Gasteiger partial charge in [-0.3, -0.25) is 4.79 Å². The smallest absolute Gasteiger partial charge is 0.337 e. The van der Waals surface area contributed by atoms with Gasteiger partial charge < -0.3 is 10.1 Å². The maximum Gasteiger partial charge on any atom is 0.337 e. The van der Waals surface area contributed by atoms with Crippen LogP contribution < -0.4 is 5.32 Å². The lowest BCUT2D eigenvalue weighted by molar-refractivity contribution is -0.125. The first-order valence-electron chi connectivity index (χ1n) is 9.89. The Morgan fingerprint density at radius 3 is 2.13 bits per heavy atom. The molecule has 2 atom stereocenters. The zero-order valence-corrected chi connectivity index (χ0v) is 17.7. The SMILES string of the molecule is COC(=O)c1ccc(NC(=O)C23CCC(C)(c4nc(C#N)c(C#N)nc42)C3(C)C)cc1. The molecule has 8 nitrogen and oxygen atoms in total. The van der Waals surface area contributed by atoms with E-state index in [1.54, 1.807) is 24.3 Å². The quantitative estimate of drug-likeness (QED) is 0.763. The summed E-state index contributed by atoms with van der Waals surface area (Å²) in [5.74, 6) is -0.699. The van der Waals surface area contributed by atoms with E-state index >= 15 is 0 Å². The first-order valence-corrected chi connectivity index (χ1v) is 9.89. The second kappa shape index (κ2) is 6.61. The number of hydrogen-bond donors (Lipinski definition) is 1. The fourth-order valence-electron chi connectivity index (χ4n) is 5.19. The highest BCUT2D eigenvalue weighted by molar-refractivity contribution is 6.02. The van der Waals surface area contributed by atoms with E-state index < -0.39 is 22.2 Å². The Bertz CT molecular complexity index is 1210. The van der Waals surface area contributed by atoms with Gasteiger partial charge in [0.15, 0.2) is 11.4 Å². The number of nitrogens with one attached hydrogen (secondary N) is 1.